The van der Waals surface area contributed by atoms with E-state index in [9.17, 15) is 20.0 Å². The number of nitro groups is 1. The van der Waals surface area contributed by atoms with E-state index in [0.717, 1.165) is 19.6 Å². The second-order valence-electron chi connectivity index (χ2n) is 7.38. The summed E-state index contributed by atoms with van der Waals surface area (Å²) < 4.78 is 5.56. The molecule has 0 amide bonds. The Morgan fingerprint density at radius 1 is 1.25 bits per heavy atom. The molecule has 7 nitrogen and oxygen atoms in total. The minimum Gasteiger partial charge on any atom is -0.475 e. The van der Waals surface area contributed by atoms with E-state index in [1.54, 1.807) is 18.2 Å². The number of aromatic carboxylic acids is 1. The number of non-ortho nitro benzene ring substituents is 1. The average Bonchev–Trinajstić information content (AvgIpc) is 3.03. The second-order valence-corrected chi connectivity index (χ2v) is 7.38. The van der Waals surface area contributed by atoms with E-state index < -0.39 is 10.9 Å². The molecular formula is C20H27ClN2O5. The number of hydrogen-bond donors (Lipinski definition) is 1. The predicted octanol–water partition coefficient (Wildman–Crippen LogP) is 4.89. The van der Waals surface area contributed by atoms with E-state index >= 15 is 0 Å². The highest BCUT2D eigenvalue weighted by Crippen LogP contribution is 2.32. The van der Waals surface area contributed by atoms with Crippen LogP contribution in [0.3, 0.4) is 0 Å². The molecule has 0 unspecified atom stereocenters. The van der Waals surface area contributed by atoms with Gasteiger partial charge in [0.25, 0.3) is 5.69 Å². The number of hydrogen-bond acceptors (Lipinski definition) is 5. The van der Waals surface area contributed by atoms with Crippen molar-refractivity contribution in [3.05, 3.63) is 51.8 Å². The molecule has 0 aliphatic carbocycles. The van der Waals surface area contributed by atoms with Gasteiger partial charge in [0.15, 0.2) is 0 Å². The van der Waals surface area contributed by atoms with Crippen LogP contribution in [0.1, 0.15) is 43.8 Å². The molecule has 0 aliphatic rings. The Morgan fingerprint density at radius 2 is 1.89 bits per heavy atom. The van der Waals surface area contributed by atoms with E-state index in [1.807, 2.05) is 0 Å². The van der Waals surface area contributed by atoms with Crippen LogP contribution in [0.25, 0.3) is 11.3 Å². The number of rotatable bonds is 9. The highest BCUT2D eigenvalue weighted by atomic mass is 35.5. The monoisotopic (exact) mass is 410 g/mol. The molecule has 0 bridgehead atoms. The summed E-state index contributed by atoms with van der Waals surface area (Å²) in [6.07, 6.45) is 0.531. The van der Waals surface area contributed by atoms with Crippen LogP contribution in [0.5, 0.6) is 0 Å². The quantitative estimate of drug-likeness (QED) is 0.467. The largest absolute Gasteiger partial charge is 0.475 e. The van der Waals surface area contributed by atoms with Crippen molar-refractivity contribution in [2.45, 2.75) is 34.1 Å². The van der Waals surface area contributed by atoms with Crippen LogP contribution >= 0.6 is 12.4 Å². The van der Waals surface area contributed by atoms with Crippen molar-refractivity contribution in [2.24, 2.45) is 5.41 Å². The number of benzene rings is 1. The summed E-state index contributed by atoms with van der Waals surface area (Å²) in [5.74, 6) is -0.922. The fourth-order valence-corrected chi connectivity index (χ4v) is 3.28. The molecule has 154 valence electrons. The predicted molar refractivity (Wildman–Crippen MR) is 110 cm³/mol. The number of halogens is 1. The first-order chi connectivity index (χ1) is 12.7. The number of carboxylic acids is 1. The maximum Gasteiger partial charge on any atom is 0.372 e. The molecule has 1 heterocycles. The molecule has 8 heteroatoms. The van der Waals surface area contributed by atoms with Crippen molar-refractivity contribution in [1.29, 1.82) is 0 Å². The van der Waals surface area contributed by atoms with Gasteiger partial charge in [0, 0.05) is 29.8 Å². The third-order valence-electron chi connectivity index (χ3n) is 4.56. The summed E-state index contributed by atoms with van der Waals surface area (Å²) >= 11 is 0. The average molecular weight is 411 g/mol. The lowest BCUT2D eigenvalue weighted by Gasteiger charge is -2.31. The van der Waals surface area contributed by atoms with Crippen LogP contribution in [-0.2, 0) is 6.42 Å². The Bertz CT molecular complexity index is 828. The Kier molecular flexibility index (Phi) is 8.20. The zero-order chi connectivity index (χ0) is 20.2. The van der Waals surface area contributed by atoms with Crippen molar-refractivity contribution in [3.8, 4) is 11.3 Å². The molecule has 2 aromatic rings. The Morgan fingerprint density at radius 3 is 2.43 bits per heavy atom. The molecule has 1 N–H and O–H groups in total. The minimum atomic E-state index is -1.14. The van der Waals surface area contributed by atoms with Gasteiger partial charge in [-0.25, -0.2) is 4.79 Å². The van der Waals surface area contributed by atoms with Crippen LogP contribution in [-0.4, -0.2) is 40.5 Å². The van der Waals surface area contributed by atoms with Gasteiger partial charge in [-0.05, 0) is 31.0 Å². The van der Waals surface area contributed by atoms with Crippen molar-refractivity contribution in [1.82, 2.24) is 4.90 Å². The molecule has 0 spiro atoms. The fraction of sp³-hybridized carbons (Fsp3) is 0.450. The summed E-state index contributed by atoms with van der Waals surface area (Å²) in [7, 11) is 0. The summed E-state index contributed by atoms with van der Waals surface area (Å²) in [6.45, 7) is 11.1. The highest BCUT2D eigenvalue weighted by molar-refractivity contribution is 5.87. The maximum absolute atomic E-state index is 11.6. The van der Waals surface area contributed by atoms with Crippen LogP contribution in [0.4, 0.5) is 5.69 Å². The van der Waals surface area contributed by atoms with Gasteiger partial charge in [-0.15, -0.1) is 12.4 Å². The summed E-state index contributed by atoms with van der Waals surface area (Å²) in [5.41, 5.74) is 0.866. The zero-order valence-corrected chi connectivity index (χ0v) is 17.4. The van der Waals surface area contributed by atoms with Gasteiger partial charge < -0.3 is 14.4 Å². The first kappa shape index (κ1) is 23.7. The molecule has 0 saturated carbocycles. The first-order valence-electron chi connectivity index (χ1n) is 9.00. The normalized spacial score (nSPS) is 11.3. The van der Waals surface area contributed by atoms with Crippen LogP contribution < -0.4 is 0 Å². The Labute approximate surface area is 170 Å². The van der Waals surface area contributed by atoms with Gasteiger partial charge in [0.1, 0.15) is 5.76 Å². The lowest BCUT2D eigenvalue weighted by Crippen LogP contribution is -2.35. The van der Waals surface area contributed by atoms with Gasteiger partial charge in [0.2, 0.25) is 5.76 Å². The Hall–Kier alpha value is -2.38. The highest BCUT2D eigenvalue weighted by Gasteiger charge is 2.27. The molecule has 28 heavy (non-hydrogen) atoms. The lowest BCUT2D eigenvalue weighted by molar-refractivity contribution is -0.384. The standard InChI is InChI=1S/C20H26N2O5.ClH/c1-5-21(6-2)13-20(3,4)12-15-11-17(27-18(15)19(23)24)14-8-7-9-16(10-14)22(25)26;/h7-11H,5-6,12-13H2,1-4H3,(H,23,24);1H. The van der Waals surface area contributed by atoms with Gasteiger partial charge >= 0.3 is 5.97 Å². The number of nitro benzene ring substituents is 1. The van der Waals surface area contributed by atoms with Gasteiger partial charge in [-0.2, -0.15) is 0 Å². The van der Waals surface area contributed by atoms with E-state index in [4.69, 9.17) is 4.42 Å². The van der Waals surface area contributed by atoms with Crippen LogP contribution in [0.2, 0.25) is 0 Å². The molecule has 0 fully saturated rings. The lowest BCUT2D eigenvalue weighted by atomic mass is 9.85. The smallest absolute Gasteiger partial charge is 0.372 e. The van der Waals surface area contributed by atoms with E-state index in [0.29, 0.717) is 23.3 Å². The SMILES string of the molecule is CCN(CC)CC(C)(C)Cc1cc(-c2cccc([N+](=O)[O-])c2)oc1C(=O)O.Cl. The fourth-order valence-electron chi connectivity index (χ4n) is 3.28. The van der Waals surface area contributed by atoms with Gasteiger partial charge in [-0.3, -0.25) is 10.1 Å². The topological polar surface area (TPSA) is 96.8 Å². The third kappa shape index (κ3) is 5.81. The van der Waals surface area contributed by atoms with Crippen molar-refractivity contribution in [2.75, 3.05) is 19.6 Å². The molecule has 1 aromatic heterocycles. The van der Waals surface area contributed by atoms with Crippen LogP contribution in [0.15, 0.2) is 34.7 Å². The van der Waals surface area contributed by atoms with E-state index in [-0.39, 0.29) is 29.3 Å². The van der Waals surface area contributed by atoms with Gasteiger partial charge in [-0.1, -0.05) is 39.8 Å². The zero-order valence-electron chi connectivity index (χ0n) is 16.6. The number of carbonyl (C=O) groups is 1. The summed E-state index contributed by atoms with van der Waals surface area (Å²) in [4.78, 5) is 24.4. The molecule has 0 atom stereocenters. The molecule has 0 aliphatic heterocycles. The maximum atomic E-state index is 11.6. The number of furan rings is 1. The molecule has 2 rings (SSSR count). The van der Waals surface area contributed by atoms with Crippen molar-refractivity contribution >= 4 is 24.1 Å². The summed E-state index contributed by atoms with van der Waals surface area (Å²) in [5, 5.41) is 20.5. The van der Waals surface area contributed by atoms with Gasteiger partial charge in [0.05, 0.1) is 4.92 Å². The van der Waals surface area contributed by atoms with Crippen molar-refractivity contribution < 1.29 is 19.2 Å². The molecule has 0 saturated heterocycles. The molecule has 1 aromatic carbocycles. The second kappa shape index (κ2) is 9.71. The minimum absolute atomic E-state index is 0. The first-order valence-corrected chi connectivity index (χ1v) is 9.00. The molecule has 0 radical (unpaired) electrons. The number of nitrogens with zero attached hydrogens (tertiary/aromatic N) is 2. The van der Waals surface area contributed by atoms with Crippen LogP contribution in [0, 0.1) is 15.5 Å². The number of carboxylic acid groups (broad SMARTS) is 1. The Balaban J connectivity index is 0.00000392. The summed E-state index contributed by atoms with van der Waals surface area (Å²) in [6, 6.07) is 7.68. The van der Waals surface area contributed by atoms with Crippen molar-refractivity contribution in [3.63, 3.8) is 0 Å². The van der Waals surface area contributed by atoms with E-state index in [1.165, 1.54) is 12.1 Å². The van der Waals surface area contributed by atoms with E-state index in [2.05, 4.69) is 32.6 Å². The third-order valence-corrected chi connectivity index (χ3v) is 4.56. The molecular weight excluding hydrogens is 384 g/mol.